The molecule has 3 nitrogen and oxygen atoms in total. The molecule has 12 atom stereocenters. The van der Waals surface area contributed by atoms with Crippen LogP contribution in [0.25, 0.3) is 0 Å². The zero-order valence-electron chi connectivity index (χ0n) is 22.3. The maximum absolute atomic E-state index is 12.4. The molecule has 5 rings (SSSR count). The Bertz CT molecular complexity index is 819. The van der Waals surface area contributed by atoms with Crippen molar-refractivity contribution in [1.82, 2.24) is 0 Å². The van der Waals surface area contributed by atoms with Gasteiger partial charge in [0.2, 0.25) is 0 Å². The summed E-state index contributed by atoms with van der Waals surface area (Å²) in [5.74, 6) is 4.20. The number of rotatable bonds is 4. The van der Waals surface area contributed by atoms with Crippen LogP contribution in [0.3, 0.4) is 0 Å². The van der Waals surface area contributed by atoms with Crippen molar-refractivity contribution < 1.29 is 15.3 Å². The van der Waals surface area contributed by atoms with Gasteiger partial charge in [0.1, 0.15) is 5.60 Å². The van der Waals surface area contributed by atoms with Gasteiger partial charge in [0.05, 0.1) is 12.2 Å². The molecule has 3 N–H and O–H groups in total. The van der Waals surface area contributed by atoms with E-state index in [0.29, 0.717) is 29.6 Å². The Morgan fingerprint density at radius 1 is 0.909 bits per heavy atom. The molecule has 5 aliphatic carbocycles. The second-order valence-corrected chi connectivity index (χ2v) is 14.3. The number of aliphatic hydroxyl groups is 3. The van der Waals surface area contributed by atoms with E-state index in [-0.39, 0.29) is 17.4 Å². The molecule has 4 fully saturated rings. The summed E-state index contributed by atoms with van der Waals surface area (Å²) >= 11 is 0. The molecule has 0 aromatic rings. The highest BCUT2D eigenvalue weighted by Gasteiger charge is 2.70. The third kappa shape index (κ3) is 3.10. The van der Waals surface area contributed by atoms with Crippen LogP contribution in [0.5, 0.6) is 0 Å². The Balaban J connectivity index is 1.43. The van der Waals surface area contributed by atoms with Crippen molar-refractivity contribution in [2.45, 2.75) is 118 Å². The van der Waals surface area contributed by atoms with E-state index in [0.717, 1.165) is 43.4 Å². The Kier molecular flexibility index (Phi) is 5.57. The quantitative estimate of drug-likeness (QED) is 0.455. The van der Waals surface area contributed by atoms with E-state index in [4.69, 9.17) is 0 Å². The van der Waals surface area contributed by atoms with E-state index >= 15 is 0 Å². The minimum absolute atomic E-state index is 0.107. The van der Waals surface area contributed by atoms with Gasteiger partial charge in [0.15, 0.2) is 0 Å². The number of aliphatic hydroxyl groups excluding tert-OH is 2. The third-order valence-corrected chi connectivity index (χ3v) is 13.0. The van der Waals surface area contributed by atoms with Crippen LogP contribution in [0.4, 0.5) is 0 Å². The lowest BCUT2D eigenvalue weighted by Gasteiger charge is -2.64. The van der Waals surface area contributed by atoms with Gasteiger partial charge in [-0.25, -0.2) is 0 Å². The fraction of sp³-hybridized carbons (Fsp3) is 0.933. The number of hydrogen-bond acceptors (Lipinski definition) is 3. The number of hydrogen-bond donors (Lipinski definition) is 3. The van der Waals surface area contributed by atoms with E-state index in [9.17, 15) is 15.3 Å². The van der Waals surface area contributed by atoms with Crippen molar-refractivity contribution in [3.63, 3.8) is 0 Å². The van der Waals surface area contributed by atoms with Crippen LogP contribution in [0.1, 0.15) is 99.8 Å². The standard InChI is InChI=1S/C30H50O3/c1-17(2)19(4)27(5)15-25(27)18(3)22-10-11-23-24-9-8-20-14-21(31)12-13-29(20,7)30(24,33)26(32)16-28(22,23)6/h8,17-19,21-26,31-33H,9-16H2,1-7H3/t18-,19-,21-,22+,23-,24-,25+,26+,27+,28+,29-,30-/m0/s1. The molecule has 188 valence electrons. The van der Waals surface area contributed by atoms with Gasteiger partial charge in [0, 0.05) is 5.41 Å². The molecule has 0 amide bonds. The summed E-state index contributed by atoms with van der Waals surface area (Å²) in [4.78, 5) is 0. The maximum atomic E-state index is 12.4. The SMILES string of the molecule is CC(C)[C@H](C)[C@@]1(C)C[C@@H]1[C@@H](C)[C@H]1CC[C@H]2[C@@H]3CC=C4C[C@@H](O)CC[C@]4(C)[C@@]3(O)[C@H](O)C[C@]12C. The topological polar surface area (TPSA) is 60.7 Å². The summed E-state index contributed by atoms with van der Waals surface area (Å²) in [6, 6.07) is 0. The largest absolute Gasteiger partial charge is 0.393 e. The second kappa shape index (κ2) is 7.56. The molecule has 0 unspecified atom stereocenters. The van der Waals surface area contributed by atoms with Crippen LogP contribution in [0.2, 0.25) is 0 Å². The fourth-order valence-electron chi connectivity index (χ4n) is 10.4. The molecular formula is C30H50O3. The van der Waals surface area contributed by atoms with Crippen molar-refractivity contribution in [3.8, 4) is 0 Å². The van der Waals surface area contributed by atoms with Crippen LogP contribution >= 0.6 is 0 Å². The first kappa shape index (κ1) is 24.3. The van der Waals surface area contributed by atoms with Gasteiger partial charge in [-0.2, -0.15) is 0 Å². The van der Waals surface area contributed by atoms with Gasteiger partial charge < -0.3 is 15.3 Å². The summed E-state index contributed by atoms with van der Waals surface area (Å²) in [6.45, 7) is 16.9. The van der Waals surface area contributed by atoms with Crippen LogP contribution in [0.15, 0.2) is 11.6 Å². The van der Waals surface area contributed by atoms with Crippen molar-refractivity contribution in [2.24, 2.45) is 57.7 Å². The van der Waals surface area contributed by atoms with E-state index in [1.165, 1.54) is 24.8 Å². The Morgan fingerprint density at radius 3 is 2.27 bits per heavy atom. The first-order chi connectivity index (χ1) is 15.3. The van der Waals surface area contributed by atoms with Gasteiger partial charge in [-0.15, -0.1) is 0 Å². The Morgan fingerprint density at radius 2 is 1.61 bits per heavy atom. The van der Waals surface area contributed by atoms with Gasteiger partial charge >= 0.3 is 0 Å². The molecule has 0 saturated heterocycles. The van der Waals surface area contributed by atoms with Crippen molar-refractivity contribution in [3.05, 3.63) is 11.6 Å². The molecule has 0 aliphatic heterocycles. The van der Waals surface area contributed by atoms with Crippen molar-refractivity contribution in [2.75, 3.05) is 0 Å². The summed E-state index contributed by atoms with van der Waals surface area (Å²) in [6.07, 6.45) is 8.92. The summed E-state index contributed by atoms with van der Waals surface area (Å²) in [7, 11) is 0. The van der Waals surface area contributed by atoms with E-state index in [1.807, 2.05) is 0 Å². The minimum Gasteiger partial charge on any atom is -0.393 e. The lowest BCUT2D eigenvalue weighted by molar-refractivity contribution is -0.246. The monoisotopic (exact) mass is 458 g/mol. The molecule has 33 heavy (non-hydrogen) atoms. The van der Waals surface area contributed by atoms with E-state index in [2.05, 4.69) is 54.5 Å². The summed E-state index contributed by atoms with van der Waals surface area (Å²) < 4.78 is 0. The first-order valence-electron chi connectivity index (χ1n) is 14.1. The average Bonchev–Trinajstić information content (AvgIpc) is 3.33. The van der Waals surface area contributed by atoms with Gasteiger partial charge in [-0.1, -0.05) is 60.1 Å². The van der Waals surface area contributed by atoms with Crippen LogP contribution in [-0.2, 0) is 0 Å². The van der Waals surface area contributed by atoms with Crippen molar-refractivity contribution in [1.29, 1.82) is 0 Å². The van der Waals surface area contributed by atoms with E-state index < -0.39 is 17.1 Å². The van der Waals surface area contributed by atoms with E-state index in [1.54, 1.807) is 0 Å². The number of allylic oxidation sites excluding steroid dienone is 1. The normalized spacial score (nSPS) is 55.3. The Labute approximate surface area is 202 Å². The third-order valence-electron chi connectivity index (χ3n) is 13.0. The summed E-state index contributed by atoms with van der Waals surface area (Å²) in [5.41, 5.74) is 0.314. The zero-order valence-corrected chi connectivity index (χ0v) is 22.3. The molecule has 0 aromatic heterocycles. The van der Waals surface area contributed by atoms with Gasteiger partial charge in [0.25, 0.3) is 0 Å². The predicted octanol–water partition coefficient (Wildman–Crippen LogP) is 5.97. The molecule has 0 radical (unpaired) electrons. The summed E-state index contributed by atoms with van der Waals surface area (Å²) in [5, 5.41) is 34.4. The molecule has 0 heterocycles. The zero-order chi connectivity index (χ0) is 24.1. The molecule has 0 aromatic carbocycles. The van der Waals surface area contributed by atoms with Gasteiger partial charge in [-0.05, 0) is 104 Å². The van der Waals surface area contributed by atoms with Crippen LogP contribution in [-0.4, -0.2) is 33.1 Å². The molecule has 0 bridgehead atoms. The van der Waals surface area contributed by atoms with Crippen LogP contribution in [0, 0.1) is 57.7 Å². The highest BCUT2D eigenvalue weighted by molar-refractivity contribution is 5.32. The molecule has 3 heteroatoms. The molecule has 4 saturated carbocycles. The average molecular weight is 459 g/mol. The minimum atomic E-state index is -1.06. The lowest BCUT2D eigenvalue weighted by atomic mass is 9.43. The van der Waals surface area contributed by atoms with Crippen molar-refractivity contribution >= 4 is 0 Å². The first-order valence-corrected chi connectivity index (χ1v) is 14.1. The fourth-order valence-corrected chi connectivity index (χ4v) is 10.4. The lowest BCUT2D eigenvalue weighted by Crippen LogP contribution is -2.69. The molecule has 5 aliphatic rings. The molecule has 0 spiro atoms. The number of fused-ring (bicyclic) bond motifs is 5. The highest BCUT2D eigenvalue weighted by atomic mass is 16.3. The Hall–Kier alpha value is -0.380. The van der Waals surface area contributed by atoms with Gasteiger partial charge in [-0.3, -0.25) is 0 Å². The highest BCUT2D eigenvalue weighted by Crippen LogP contribution is 2.72. The predicted molar refractivity (Wildman–Crippen MR) is 133 cm³/mol. The smallest absolute Gasteiger partial charge is 0.103 e. The van der Waals surface area contributed by atoms with Crippen LogP contribution < -0.4 is 0 Å². The second-order valence-electron chi connectivity index (χ2n) is 14.3. The maximum Gasteiger partial charge on any atom is 0.103 e. The molecular weight excluding hydrogens is 408 g/mol.